The maximum Gasteiger partial charge on any atom is 0.159 e. The Balaban J connectivity index is 1.58. The lowest BCUT2D eigenvalue weighted by molar-refractivity contribution is 0.343. The number of anilines is 1. The van der Waals surface area contributed by atoms with Crippen LogP contribution in [0.25, 0.3) is 11.3 Å². The van der Waals surface area contributed by atoms with Gasteiger partial charge in [-0.3, -0.25) is 4.68 Å². The molecule has 3 aromatic rings. The first-order valence-corrected chi connectivity index (χ1v) is 11.3. The van der Waals surface area contributed by atoms with Crippen LogP contribution in [0.1, 0.15) is 36.6 Å². The Morgan fingerprint density at radius 3 is 2.80 bits per heavy atom. The first kappa shape index (κ1) is 21.4. The van der Waals surface area contributed by atoms with Crippen LogP contribution >= 0.6 is 35.0 Å². The smallest absolute Gasteiger partial charge is 0.159 e. The molecule has 30 heavy (non-hydrogen) atoms. The number of hydrogen-bond donors (Lipinski definition) is 2. The normalized spacial score (nSPS) is 16.0. The Kier molecular flexibility index (Phi) is 6.48. The van der Waals surface area contributed by atoms with Crippen molar-refractivity contribution in [3.8, 4) is 11.3 Å². The van der Waals surface area contributed by atoms with Gasteiger partial charge in [0.1, 0.15) is 5.82 Å². The average Bonchev–Trinajstić information content (AvgIpc) is 3.24. The summed E-state index contributed by atoms with van der Waals surface area (Å²) in [5.74, 6) is -0.208. The van der Waals surface area contributed by atoms with E-state index >= 15 is 0 Å². The van der Waals surface area contributed by atoms with Gasteiger partial charge in [0, 0.05) is 27.6 Å². The Morgan fingerprint density at radius 1 is 1.27 bits per heavy atom. The Morgan fingerprint density at radius 2 is 2.03 bits per heavy atom. The van der Waals surface area contributed by atoms with Crippen LogP contribution in [0.5, 0.6) is 0 Å². The van der Waals surface area contributed by atoms with E-state index in [-0.39, 0.29) is 10.3 Å². The Hall–Kier alpha value is -1.87. The third kappa shape index (κ3) is 4.42. The molecule has 3 N–H and O–H groups in total. The lowest BCUT2D eigenvalue weighted by Gasteiger charge is -2.22. The quantitative estimate of drug-likeness (QED) is 0.399. The fourth-order valence-electron chi connectivity index (χ4n) is 3.53. The molecule has 4 rings (SSSR count). The molecule has 1 saturated heterocycles. The van der Waals surface area contributed by atoms with Crippen molar-refractivity contribution in [3.05, 3.63) is 52.0 Å². The van der Waals surface area contributed by atoms with Crippen LogP contribution < -0.4 is 11.1 Å². The fraction of sp³-hybridized carbons (Fsp3) is 0.350. The lowest BCUT2D eigenvalue weighted by Crippen LogP contribution is -2.29. The molecule has 1 aliphatic rings. The molecule has 10 heteroatoms. The van der Waals surface area contributed by atoms with E-state index in [2.05, 4.69) is 20.6 Å². The fourth-order valence-corrected chi connectivity index (χ4v) is 5.44. The summed E-state index contributed by atoms with van der Waals surface area (Å²) in [6.07, 6.45) is 5.87. The van der Waals surface area contributed by atoms with Crippen molar-refractivity contribution >= 4 is 40.8 Å². The summed E-state index contributed by atoms with van der Waals surface area (Å²) in [6, 6.07) is 5.01. The highest BCUT2D eigenvalue weighted by Gasteiger charge is 2.21. The molecule has 0 amide bonds. The minimum Gasteiger partial charge on any atom is -0.381 e. The molecule has 1 fully saturated rings. The standard InChI is InChI=1S/C20H21Cl2FN6S/c1-11(18-14(21)2-3-15(23)19(18)22)30-17-8-16(27-28-20(17)24)12-9-26-29(10-12)13-4-6-25-7-5-13/h2-3,8-11,13,25H,4-7H2,1H3,(H2,24,28). The molecule has 158 valence electrons. The van der Waals surface area contributed by atoms with E-state index in [9.17, 15) is 4.39 Å². The summed E-state index contributed by atoms with van der Waals surface area (Å²) in [4.78, 5) is 0.721. The van der Waals surface area contributed by atoms with Crippen molar-refractivity contribution in [3.63, 3.8) is 0 Å². The number of rotatable bonds is 5. The summed E-state index contributed by atoms with van der Waals surface area (Å²) >= 11 is 13.8. The van der Waals surface area contributed by atoms with Crippen molar-refractivity contribution < 1.29 is 4.39 Å². The van der Waals surface area contributed by atoms with Gasteiger partial charge in [0.25, 0.3) is 0 Å². The van der Waals surface area contributed by atoms with E-state index in [0.717, 1.165) is 36.4 Å². The van der Waals surface area contributed by atoms with E-state index < -0.39 is 5.82 Å². The van der Waals surface area contributed by atoms with Gasteiger partial charge in [-0.25, -0.2) is 4.39 Å². The molecule has 0 aliphatic carbocycles. The maximum absolute atomic E-state index is 13.9. The SMILES string of the molecule is CC(Sc1cc(-c2cnn(C3CCNCC3)c2)nnc1N)c1c(Cl)ccc(F)c1Cl. The van der Waals surface area contributed by atoms with Crippen LogP contribution in [0.2, 0.25) is 10.0 Å². The zero-order valence-corrected chi connectivity index (χ0v) is 18.6. The molecule has 6 nitrogen and oxygen atoms in total. The number of benzene rings is 1. The highest BCUT2D eigenvalue weighted by Crippen LogP contribution is 2.44. The van der Waals surface area contributed by atoms with Crippen LogP contribution in [-0.4, -0.2) is 33.1 Å². The third-order valence-corrected chi connectivity index (χ3v) is 7.04. The molecule has 1 atom stereocenters. The zero-order chi connectivity index (χ0) is 21.3. The molecular formula is C20H21Cl2FN6S. The van der Waals surface area contributed by atoms with E-state index in [1.165, 1.54) is 23.9 Å². The molecule has 2 aromatic heterocycles. The van der Waals surface area contributed by atoms with Crippen LogP contribution in [-0.2, 0) is 0 Å². The van der Waals surface area contributed by atoms with E-state index in [4.69, 9.17) is 28.9 Å². The highest BCUT2D eigenvalue weighted by molar-refractivity contribution is 7.99. The van der Waals surface area contributed by atoms with Gasteiger partial charge >= 0.3 is 0 Å². The molecule has 0 bridgehead atoms. The minimum atomic E-state index is -0.504. The molecule has 0 radical (unpaired) electrons. The predicted molar refractivity (Wildman–Crippen MR) is 119 cm³/mol. The number of nitrogens with two attached hydrogens (primary N) is 1. The summed E-state index contributed by atoms with van der Waals surface area (Å²) in [7, 11) is 0. The lowest BCUT2D eigenvalue weighted by atomic mass is 10.1. The molecule has 0 spiro atoms. The van der Waals surface area contributed by atoms with E-state index in [1.807, 2.05) is 23.9 Å². The number of nitrogens with zero attached hydrogens (tertiary/aromatic N) is 4. The van der Waals surface area contributed by atoms with Crippen molar-refractivity contribution in [1.29, 1.82) is 0 Å². The second kappa shape index (κ2) is 9.09. The van der Waals surface area contributed by atoms with Gasteiger partial charge in [0.05, 0.1) is 27.9 Å². The summed E-state index contributed by atoms with van der Waals surface area (Å²) in [5, 5.41) is 16.4. The summed E-state index contributed by atoms with van der Waals surface area (Å²) in [5.41, 5.74) is 8.14. The van der Waals surface area contributed by atoms with Gasteiger partial charge in [0.2, 0.25) is 0 Å². The van der Waals surface area contributed by atoms with Crippen LogP contribution in [0, 0.1) is 5.82 Å². The number of nitrogens with one attached hydrogen (secondary N) is 1. The van der Waals surface area contributed by atoms with E-state index in [1.54, 1.807) is 6.20 Å². The molecule has 1 aromatic carbocycles. The van der Waals surface area contributed by atoms with Crippen LogP contribution in [0.15, 0.2) is 35.5 Å². The minimum absolute atomic E-state index is 0.0200. The van der Waals surface area contributed by atoms with Crippen LogP contribution in [0.4, 0.5) is 10.2 Å². The molecule has 1 unspecified atom stereocenters. The molecule has 1 aliphatic heterocycles. The second-order valence-corrected chi connectivity index (χ2v) is 9.35. The highest BCUT2D eigenvalue weighted by atomic mass is 35.5. The van der Waals surface area contributed by atoms with Gasteiger partial charge in [-0.15, -0.1) is 22.0 Å². The van der Waals surface area contributed by atoms with Crippen molar-refractivity contribution in [2.45, 2.75) is 36.0 Å². The summed E-state index contributed by atoms with van der Waals surface area (Å²) in [6.45, 7) is 3.88. The number of hydrogen-bond acceptors (Lipinski definition) is 6. The summed E-state index contributed by atoms with van der Waals surface area (Å²) < 4.78 is 15.9. The largest absolute Gasteiger partial charge is 0.381 e. The Bertz CT molecular complexity index is 1050. The van der Waals surface area contributed by atoms with Gasteiger partial charge < -0.3 is 11.1 Å². The van der Waals surface area contributed by atoms with Crippen LogP contribution in [0.3, 0.4) is 0 Å². The van der Waals surface area contributed by atoms with Gasteiger partial charge in [-0.2, -0.15) is 5.10 Å². The predicted octanol–water partition coefficient (Wildman–Crippen LogP) is 5.15. The Labute approximate surface area is 188 Å². The van der Waals surface area contributed by atoms with Crippen molar-refractivity contribution in [2.24, 2.45) is 0 Å². The zero-order valence-electron chi connectivity index (χ0n) is 16.3. The van der Waals surface area contributed by atoms with Crippen molar-refractivity contribution in [2.75, 3.05) is 18.8 Å². The van der Waals surface area contributed by atoms with Crippen molar-refractivity contribution in [1.82, 2.24) is 25.3 Å². The third-order valence-electron chi connectivity index (χ3n) is 5.16. The van der Waals surface area contributed by atoms with Gasteiger partial charge in [-0.1, -0.05) is 23.2 Å². The number of piperidine rings is 1. The van der Waals surface area contributed by atoms with Gasteiger partial charge in [0.15, 0.2) is 5.82 Å². The molecule has 3 heterocycles. The number of nitrogen functional groups attached to an aromatic ring is 1. The monoisotopic (exact) mass is 466 g/mol. The second-order valence-electron chi connectivity index (χ2n) is 7.19. The first-order chi connectivity index (χ1) is 14.4. The number of halogens is 3. The number of thioether (sulfide) groups is 1. The average molecular weight is 467 g/mol. The molecule has 0 saturated carbocycles. The first-order valence-electron chi connectivity index (χ1n) is 9.62. The maximum atomic E-state index is 13.9. The molecular weight excluding hydrogens is 446 g/mol. The van der Waals surface area contributed by atoms with Gasteiger partial charge in [-0.05, 0) is 51.1 Å². The number of aromatic nitrogens is 4. The topological polar surface area (TPSA) is 81.7 Å². The van der Waals surface area contributed by atoms with E-state index in [0.29, 0.717) is 28.1 Å².